The van der Waals surface area contributed by atoms with Crippen LogP contribution in [0.3, 0.4) is 0 Å². The molecule has 0 amide bonds. The van der Waals surface area contributed by atoms with Crippen molar-refractivity contribution in [3.8, 4) is 0 Å². The fourth-order valence-electron chi connectivity index (χ4n) is 2.89. The van der Waals surface area contributed by atoms with Gasteiger partial charge in [-0.1, -0.05) is 31.4 Å². The quantitative estimate of drug-likeness (QED) is 0.713. The van der Waals surface area contributed by atoms with Crippen molar-refractivity contribution in [3.05, 3.63) is 35.1 Å². The van der Waals surface area contributed by atoms with Gasteiger partial charge in [-0.2, -0.15) is 0 Å². The summed E-state index contributed by atoms with van der Waals surface area (Å²) in [6, 6.07) is 4.80. The lowest BCUT2D eigenvalue weighted by Gasteiger charge is -2.26. The second kappa shape index (κ2) is 4.59. The predicted molar refractivity (Wildman–Crippen MR) is 66.7 cm³/mol. The second-order valence-electron chi connectivity index (χ2n) is 5.15. The molecule has 1 aromatic rings. The molecule has 1 aliphatic rings. The molecule has 0 bridgehead atoms. The summed E-state index contributed by atoms with van der Waals surface area (Å²) in [6.07, 6.45) is 4.82. The Balaban J connectivity index is 2.39. The number of hydrogen-bond acceptors (Lipinski definition) is 1. The van der Waals surface area contributed by atoms with Gasteiger partial charge in [0.05, 0.1) is 5.56 Å². The second-order valence-corrected chi connectivity index (χ2v) is 5.15. The zero-order valence-corrected chi connectivity index (χ0v) is 10.6. The van der Waals surface area contributed by atoms with Gasteiger partial charge in [0.2, 0.25) is 0 Å². The first-order valence-electron chi connectivity index (χ1n) is 6.40. The molecule has 1 saturated carbocycles. The van der Waals surface area contributed by atoms with Gasteiger partial charge in [0.25, 0.3) is 0 Å². The molecule has 0 radical (unpaired) electrons. The highest BCUT2D eigenvalue weighted by molar-refractivity contribution is 6.01. The first-order chi connectivity index (χ1) is 8.09. The van der Waals surface area contributed by atoms with Crippen molar-refractivity contribution in [2.45, 2.75) is 46.0 Å². The molecule has 1 aliphatic carbocycles. The predicted octanol–water partition coefficient (Wildman–Crippen LogP) is 4.29. The number of carbonyl (C=O) groups excluding carboxylic acids is 1. The largest absolute Gasteiger partial charge is 0.293 e. The van der Waals surface area contributed by atoms with Gasteiger partial charge >= 0.3 is 0 Å². The van der Waals surface area contributed by atoms with Gasteiger partial charge in [-0.05, 0) is 38.3 Å². The lowest BCUT2D eigenvalue weighted by Crippen LogP contribution is -2.28. The van der Waals surface area contributed by atoms with Gasteiger partial charge in [0.1, 0.15) is 5.82 Å². The summed E-state index contributed by atoms with van der Waals surface area (Å²) >= 11 is 0. The monoisotopic (exact) mass is 234 g/mol. The minimum Gasteiger partial charge on any atom is -0.293 e. The average Bonchev–Trinajstić information content (AvgIpc) is 2.81. The van der Waals surface area contributed by atoms with E-state index in [-0.39, 0.29) is 22.6 Å². The first-order valence-corrected chi connectivity index (χ1v) is 6.40. The van der Waals surface area contributed by atoms with Crippen LogP contribution in [-0.2, 0) is 0 Å². The van der Waals surface area contributed by atoms with Crippen LogP contribution in [-0.4, -0.2) is 5.78 Å². The minimum atomic E-state index is -0.375. The van der Waals surface area contributed by atoms with Crippen LogP contribution in [0.5, 0.6) is 0 Å². The van der Waals surface area contributed by atoms with Crippen LogP contribution in [0.4, 0.5) is 4.39 Å². The fourth-order valence-corrected chi connectivity index (χ4v) is 2.89. The number of Topliss-reactive ketones (excluding diaryl/α,β-unsaturated/α-hetero) is 1. The summed E-state index contributed by atoms with van der Waals surface area (Å²) in [5.74, 6) is -0.362. The van der Waals surface area contributed by atoms with Crippen LogP contribution in [0.1, 0.15) is 54.9 Å². The molecule has 0 unspecified atom stereocenters. The zero-order chi connectivity index (χ0) is 12.5. The Bertz CT molecular complexity index is 431. The first kappa shape index (κ1) is 12.3. The molecule has 0 spiro atoms. The van der Waals surface area contributed by atoms with Crippen molar-refractivity contribution in [1.29, 1.82) is 0 Å². The molecule has 2 rings (SSSR count). The van der Waals surface area contributed by atoms with E-state index in [1.807, 2.05) is 13.8 Å². The zero-order valence-electron chi connectivity index (χ0n) is 10.6. The number of hydrogen-bond donors (Lipinski definition) is 0. The third kappa shape index (κ3) is 2.13. The van der Waals surface area contributed by atoms with E-state index in [2.05, 4.69) is 0 Å². The molecule has 0 heterocycles. The molecular weight excluding hydrogens is 215 g/mol. The third-order valence-corrected chi connectivity index (χ3v) is 4.09. The molecule has 92 valence electrons. The SMILES string of the molecule is CCC1(C(=O)c2cc(C)ccc2F)CCCC1. The standard InChI is InChI=1S/C15H19FO/c1-3-15(8-4-5-9-15)14(17)12-10-11(2)6-7-13(12)16/h6-7,10H,3-5,8-9H2,1-2H3. The van der Waals surface area contributed by atoms with E-state index >= 15 is 0 Å². The van der Waals surface area contributed by atoms with Crippen molar-refractivity contribution in [1.82, 2.24) is 0 Å². The van der Waals surface area contributed by atoms with Crippen LogP contribution in [0, 0.1) is 18.2 Å². The lowest BCUT2D eigenvalue weighted by molar-refractivity contribution is 0.0786. The lowest BCUT2D eigenvalue weighted by atomic mass is 9.76. The molecule has 0 aliphatic heterocycles. The highest BCUT2D eigenvalue weighted by Crippen LogP contribution is 2.43. The van der Waals surface area contributed by atoms with Crippen molar-refractivity contribution in [2.75, 3.05) is 0 Å². The van der Waals surface area contributed by atoms with Crippen molar-refractivity contribution in [3.63, 3.8) is 0 Å². The Kier molecular flexibility index (Phi) is 3.32. The van der Waals surface area contributed by atoms with Gasteiger partial charge in [0, 0.05) is 5.41 Å². The van der Waals surface area contributed by atoms with E-state index in [0.29, 0.717) is 0 Å². The van der Waals surface area contributed by atoms with E-state index in [4.69, 9.17) is 0 Å². The Labute approximate surface area is 102 Å². The number of aryl methyl sites for hydroxylation is 1. The number of carbonyl (C=O) groups is 1. The maximum Gasteiger partial charge on any atom is 0.171 e. The van der Waals surface area contributed by atoms with Gasteiger partial charge in [0.15, 0.2) is 5.78 Å². The molecular formula is C15H19FO. The van der Waals surface area contributed by atoms with E-state index < -0.39 is 0 Å². The molecule has 0 atom stereocenters. The Morgan fingerprint density at radius 2 is 2.00 bits per heavy atom. The van der Waals surface area contributed by atoms with E-state index in [1.54, 1.807) is 12.1 Å². The number of rotatable bonds is 3. The highest BCUT2D eigenvalue weighted by atomic mass is 19.1. The summed E-state index contributed by atoms with van der Waals surface area (Å²) in [5.41, 5.74) is 0.932. The summed E-state index contributed by atoms with van der Waals surface area (Å²) in [5, 5.41) is 0. The van der Waals surface area contributed by atoms with E-state index in [0.717, 1.165) is 37.7 Å². The molecule has 0 saturated heterocycles. The Morgan fingerprint density at radius 1 is 1.35 bits per heavy atom. The van der Waals surface area contributed by atoms with Crippen LogP contribution < -0.4 is 0 Å². The average molecular weight is 234 g/mol. The number of halogens is 1. The van der Waals surface area contributed by atoms with Crippen LogP contribution in [0.25, 0.3) is 0 Å². The van der Waals surface area contributed by atoms with Crippen molar-refractivity contribution >= 4 is 5.78 Å². The molecule has 1 fully saturated rings. The third-order valence-electron chi connectivity index (χ3n) is 4.09. The van der Waals surface area contributed by atoms with E-state index in [1.165, 1.54) is 6.07 Å². The minimum absolute atomic E-state index is 0.0127. The molecule has 1 aromatic carbocycles. The Morgan fingerprint density at radius 3 is 2.59 bits per heavy atom. The molecule has 2 heteroatoms. The van der Waals surface area contributed by atoms with Crippen LogP contribution in [0.15, 0.2) is 18.2 Å². The number of ketones is 1. The summed E-state index contributed by atoms with van der Waals surface area (Å²) in [4.78, 5) is 12.5. The molecule has 17 heavy (non-hydrogen) atoms. The van der Waals surface area contributed by atoms with Crippen molar-refractivity contribution in [2.24, 2.45) is 5.41 Å². The van der Waals surface area contributed by atoms with Crippen LogP contribution >= 0.6 is 0 Å². The maximum atomic E-state index is 13.8. The van der Waals surface area contributed by atoms with Gasteiger partial charge in [-0.3, -0.25) is 4.79 Å². The maximum absolute atomic E-state index is 13.8. The highest BCUT2D eigenvalue weighted by Gasteiger charge is 2.40. The van der Waals surface area contributed by atoms with Crippen molar-refractivity contribution < 1.29 is 9.18 Å². The summed E-state index contributed by atoms with van der Waals surface area (Å²) < 4.78 is 13.8. The summed E-state index contributed by atoms with van der Waals surface area (Å²) in [6.45, 7) is 3.93. The van der Waals surface area contributed by atoms with Crippen LogP contribution in [0.2, 0.25) is 0 Å². The fraction of sp³-hybridized carbons (Fsp3) is 0.533. The Hall–Kier alpha value is -1.18. The van der Waals surface area contributed by atoms with E-state index in [9.17, 15) is 9.18 Å². The van der Waals surface area contributed by atoms with Gasteiger partial charge in [-0.15, -0.1) is 0 Å². The molecule has 1 nitrogen and oxygen atoms in total. The summed E-state index contributed by atoms with van der Waals surface area (Å²) in [7, 11) is 0. The topological polar surface area (TPSA) is 17.1 Å². The molecule has 0 aromatic heterocycles. The van der Waals surface area contributed by atoms with Gasteiger partial charge in [-0.25, -0.2) is 4.39 Å². The smallest absolute Gasteiger partial charge is 0.171 e. The number of benzene rings is 1. The molecule has 0 N–H and O–H groups in total. The normalized spacial score (nSPS) is 18.3. The van der Waals surface area contributed by atoms with Gasteiger partial charge < -0.3 is 0 Å².